The lowest BCUT2D eigenvalue weighted by atomic mass is 10.0. The van der Waals surface area contributed by atoms with Crippen LogP contribution < -0.4 is 0 Å². The first kappa shape index (κ1) is 16.5. The molecule has 1 aliphatic heterocycles. The van der Waals surface area contributed by atoms with Crippen LogP contribution >= 0.6 is 22.9 Å². The third-order valence-corrected chi connectivity index (χ3v) is 6.10. The Morgan fingerprint density at radius 3 is 2.84 bits per heavy atom. The number of hydrogen-bond donors (Lipinski definition) is 0. The van der Waals surface area contributed by atoms with Gasteiger partial charge in [-0.2, -0.15) is 0 Å². The molecule has 25 heavy (non-hydrogen) atoms. The summed E-state index contributed by atoms with van der Waals surface area (Å²) in [5.41, 5.74) is 5.21. The van der Waals surface area contributed by atoms with E-state index in [-0.39, 0.29) is 5.91 Å². The lowest BCUT2D eigenvalue weighted by Crippen LogP contribution is -2.23. The molecular weight excluding hydrogens is 354 g/mol. The van der Waals surface area contributed by atoms with Crippen molar-refractivity contribution >= 4 is 39.1 Å². The Labute approximate surface area is 155 Å². The zero-order chi connectivity index (χ0) is 17.6. The highest BCUT2D eigenvalue weighted by molar-refractivity contribution is 7.19. The van der Waals surface area contributed by atoms with E-state index in [4.69, 9.17) is 11.6 Å². The molecule has 1 aliphatic rings. The molecule has 4 rings (SSSR count). The number of carbonyl (C=O) groups is 1. The molecule has 3 heterocycles. The first-order valence-electron chi connectivity index (χ1n) is 8.31. The molecule has 1 saturated heterocycles. The van der Waals surface area contributed by atoms with Crippen LogP contribution in [0.2, 0.25) is 5.02 Å². The second-order valence-corrected chi connectivity index (χ2v) is 8.04. The molecule has 0 atom stereocenters. The number of amides is 1. The lowest BCUT2D eigenvalue weighted by molar-refractivity contribution is -0.128. The van der Waals surface area contributed by atoms with Crippen LogP contribution in [-0.2, 0) is 11.3 Å². The van der Waals surface area contributed by atoms with Crippen LogP contribution in [0.15, 0.2) is 24.5 Å². The van der Waals surface area contributed by atoms with Crippen LogP contribution in [0.5, 0.6) is 0 Å². The van der Waals surface area contributed by atoms with E-state index in [1.807, 2.05) is 17.0 Å². The molecule has 0 radical (unpaired) electrons. The van der Waals surface area contributed by atoms with Gasteiger partial charge in [-0.1, -0.05) is 11.6 Å². The number of hydrogen-bond acceptors (Lipinski definition) is 4. The number of carbonyl (C=O) groups excluding carboxylic acids is 1. The van der Waals surface area contributed by atoms with Crippen LogP contribution in [0.1, 0.15) is 28.8 Å². The van der Waals surface area contributed by atoms with Gasteiger partial charge in [0.15, 0.2) is 0 Å². The van der Waals surface area contributed by atoms with E-state index < -0.39 is 0 Å². The van der Waals surface area contributed by atoms with Gasteiger partial charge < -0.3 is 4.90 Å². The highest BCUT2D eigenvalue weighted by Crippen LogP contribution is 2.36. The predicted octanol–water partition coefficient (Wildman–Crippen LogP) is 4.75. The molecule has 0 spiro atoms. The Hall–Kier alpha value is -1.98. The SMILES string of the molecule is Cc1cc(Cl)cc(-c2ncnc3cc(CN4CCCC4=O)sc23)c1C. The summed E-state index contributed by atoms with van der Waals surface area (Å²) in [5, 5.41) is 0.712. The summed E-state index contributed by atoms with van der Waals surface area (Å²) < 4.78 is 1.05. The van der Waals surface area contributed by atoms with Crippen molar-refractivity contribution in [2.45, 2.75) is 33.2 Å². The van der Waals surface area contributed by atoms with Gasteiger partial charge in [0.05, 0.1) is 22.5 Å². The minimum atomic E-state index is 0.241. The zero-order valence-corrected chi connectivity index (χ0v) is 15.7. The summed E-state index contributed by atoms with van der Waals surface area (Å²) >= 11 is 7.94. The van der Waals surface area contributed by atoms with Gasteiger partial charge in [-0.3, -0.25) is 4.79 Å². The standard InChI is InChI=1S/C19H18ClN3OS/c1-11-6-13(20)7-15(12(11)2)18-19-16(21-10-22-18)8-14(25-19)9-23-5-3-4-17(23)24/h6-8,10H,3-5,9H2,1-2H3. The number of aryl methyl sites for hydroxylation is 1. The largest absolute Gasteiger partial charge is 0.338 e. The van der Waals surface area contributed by atoms with E-state index in [0.717, 1.165) is 44.9 Å². The van der Waals surface area contributed by atoms with Gasteiger partial charge in [0.1, 0.15) is 6.33 Å². The first-order valence-corrected chi connectivity index (χ1v) is 9.50. The highest BCUT2D eigenvalue weighted by atomic mass is 35.5. The number of halogens is 1. The van der Waals surface area contributed by atoms with Crippen LogP contribution in [0.4, 0.5) is 0 Å². The number of fused-ring (bicyclic) bond motifs is 1. The third kappa shape index (κ3) is 3.02. The van der Waals surface area contributed by atoms with Gasteiger partial charge in [-0.25, -0.2) is 9.97 Å². The summed E-state index contributed by atoms with van der Waals surface area (Å²) in [6.07, 6.45) is 3.22. The molecule has 0 unspecified atom stereocenters. The van der Waals surface area contributed by atoms with Crippen molar-refractivity contribution in [1.29, 1.82) is 0 Å². The summed E-state index contributed by atoms with van der Waals surface area (Å²) in [7, 11) is 0. The Morgan fingerprint density at radius 2 is 2.08 bits per heavy atom. The molecule has 2 aromatic heterocycles. The summed E-state index contributed by atoms with van der Waals surface area (Å²) in [4.78, 5) is 23.9. The molecule has 0 aliphatic carbocycles. The fourth-order valence-corrected chi connectivity index (χ4v) is 4.70. The third-order valence-electron chi connectivity index (χ3n) is 4.77. The molecule has 1 aromatic carbocycles. The molecule has 128 valence electrons. The molecular formula is C19H18ClN3OS. The Balaban J connectivity index is 1.79. The lowest BCUT2D eigenvalue weighted by Gasteiger charge is -2.13. The number of thiophene rings is 1. The monoisotopic (exact) mass is 371 g/mol. The summed E-state index contributed by atoms with van der Waals surface area (Å²) in [5.74, 6) is 0.241. The van der Waals surface area contributed by atoms with Crippen LogP contribution in [-0.4, -0.2) is 27.3 Å². The van der Waals surface area contributed by atoms with Gasteiger partial charge in [-0.05, 0) is 49.6 Å². The van der Waals surface area contributed by atoms with Crippen molar-refractivity contribution < 1.29 is 4.79 Å². The van der Waals surface area contributed by atoms with Crippen LogP contribution in [0.3, 0.4) is 0 Å². The molecule has 0 bridgehead atoms. The van der Waals surface area contributed by atoms with E-state index in [1.165, 1.54) is 5.56 Å². The van der Waals surface area contributed by atoms with E-state index >= 15 is 0 Å². The molecule has 6 heteroatoms. The second-order valence-electron chi connectivity index (χ2n) is 6.46. The maximum absolute atomic E-state index is 11.9. The molecule has 0 saturated carbocycles. The molecule has 4 nitrogen and oxygen atoms in total. The van der Waals surface area contributed by atoms with Gasteiger partial charge in [-0.15, -0.1) is 11.3 Å². The molecule has 1 amide bonds. The quantitative estimate of drug-likeness (QED) is 0.667. The van der Waals surface area contributed by atoms with Gasteiger partial charge in [0, 0.05) is 28.4 Å². The summed E-state index contributed by atoms with van der Waals surface area (Å²) in [6, 6.07) is 6.01. The maximum atomic E-state index is 11.9. The molecule has 3 aromatic rings. The molecule has 0 N–H and O–H groups in total. The summed E-state index contributed by atoms with van der Waals surface area (Å²) in [6.45, 7) is 5.65. The minimum absolute atomic E-state index is 0.241. The van der Waals surface area contributed by atoms with Crippen LogP contribution in [0, 0.1) is 13.8 Å². The number of nitrogens with zero attached hydrogens (tertiary/aromatic N) is 3. The van der Waals surface area contributed by atoms with E-state index in [0.29, 0.717) is 18.0 Å². The fraction of sp³-hybridized carbons (Fsp3) is 0.316. The topological polar surface area (TPSA) is 46.1 Å². The van der Waals surface area contributed by atoms with E-state index in [2.05, 4.69) is 29.9 Å². The zero-order valence-electron chi connectivity index (χ0n) is 14.2. The van der Waals surface area contributed by atoms with E-state index in [1.54, 1.807) is 17.7 Å². The van der Waals surface area contributed by atoms with Gasteiger partial charge >= 0.3 is 0 Å². The normalized spacial score (nSPS) is 14.7. The Morgan fingerprint density at radius 1 is 1.24 bits per heavy atom. The average Bonchev–Trinajstić information content (AvgIpc) is 3.17. The van der Waals surface area contributed by atoms with Crippen molar-refractivity contribution in [2.75, 3.05) is 6.54 Å². The van der Waals surface area contributed by atoms with Crippen molar-refractivity contribution in [1.82, 2.24) is 14.9 Å². The number of aromatic nitrogens is 2. The number of likely N-dealkylation sites (tertiary alicyclic amines) is 1. The Bertz CT molecular complexity index is 982. The van der Waals surface area contributed by atoms with Crippen molar-refractivity contribution in [3.63, 3.8) is 0 Å². The number of rotatable bonds is 3. The highest BCUT2D eigenvalue weighted by Gasteiger charge is 2.21. The van der Waals surface area contributed by atoms with Crippen molar-refractivity contribution in [2.24, 2.45) is 0 Å². The fourth-order valence-electron chi connectivity index (χ4n) is 3.29. The first-order chi connectivity index (χ1) is 12.0. The van der Waals surface area contributed by atoms with Crippen molar-refractivity contribution in [3.05, 3.63) is 45.6 Å². The average molecular weight is 372 g/mol. The van der Waals surface area contributed by atoms with Gasteiger partial charge in [0.2, 0.25) is 5.91 Å². The van der Waals surface area contributed by atoms with Gasteiger partial charge in [0.25, 0.3) is 0 Å². The molecule has 1 fully saturated rings. The van der Waals surface area contributed by atoms with E-state index in [9.17, 15) is 4.79 Å². The number of benzene rings is 1. The smallest absolute Gasteiger partial charge is 0.222 e. The predicted molar refractivity (Wildman–Crippen MR) is 102 cm³/mol. The second kappa shape index (κ2) is 6.39. The van der Waals surface area contributed by atoms with Crippen molar-refractivity contribution in [3.8, 4) is 11.3 Å². The Kier molecular flexibility index (Phi) is 4.21. The van der Waals surface area contributed by atoms with Crippen LogP contribution in [0.25, 0.3) is 21.5 Å². The maximum Gasteiger partial charge on any atom is 0.222 e. The minimum Gasteiger partial charge on any atom is -0.338 e.